The molecule has 1 aromatic rings. The zero-order valence-electron chi connectivity index (χ0n) is 14.0. The van der Waals surface area contributed by atoms with Crippen molar-refractivity contribution in [1.29, 1.82) is 0 Å². The predicted octanol–water partition coefficient (Wildman–Crippen LogP) is 1.80. The molecule has 0 bridgehead atoms. The van der Waals surface area contributed by atoms with E-state index < -0.39 is 0 Å². The van der Waals surface area contributed by atoms with Crippen LogP contribution in [0.25, 0.3) is 0 Å². The lowest BCUT2D eigenvalue weighted by Crippen LogP contribution is -2.36. The van der Waals surface area contributed by atoms with Crippen LogP contribution in [0.4, 0.5) is 0 Å². The van der Waals surface area contributed by atoms with Crippen LogP contribution in [-0.4, -0.2) is 49.4 Å². The van der Waals surface area contributed by atoms with Gasteiger partial charge in [0.05, 0.1) is 20.0 Å². The summed E-state index contributed by atoms with van der Waals surface area (Å²) in [7, 11) is 1.32. The van der Waals surface area contributed by atoms with Crippen molar-refractivity contribution in [3.63, 3.8) is 0 Å². The van der Waals surface area contributed by atoms with Gasteiger partial charge in [0.15, 0.2) is 0 Å². The van der Waals surface area contributed by atoms with Crippen molar-refractivity contribution in [3.8, 4) is 0 Å². The number of nitrogens with one attached hydrogen (secondary N) is 1. The number of carbonyl (C=O) groups excluding carboxylic acids is 3. The Morgan fingerprint density at radius 2 is 1.83 bits per heavy atom. The summed E-state index contributed by atoms with van der Waals surface area (Å²) in [6.07, 6.45) is 0.995. The molecule has 1 rings (SSSR count). The van der Waals surface area contributed by atoms with Gasteiger partial charge in [-0.15, -0.1) is 0 Å². The second kappa shape index (κ2) is 10.6. The maximum absolute atomic E-state index is 12.5. The molecular formula is C17H23ClN2O4. The Kier molecular flexibility index (Phi) is 8.86. The van der Waals surface area contributed by atoms with Gasteiger partial charge in [0.2, 0.25) is 11.8 Å². The molecule has 0 aliphatic rings. The summed E-state index contributed by atoms with van der Waals surface area (Å²) in [6, 6.07) is 7.07. The van der Waals surface area contributed by atoms with Gasteiger partial charge in [-0.25, -0.2) is 0 Å². The number of rotatable bonds is 9. The molecule has 0 radical (unpaired) electrons. The van der Waals surface area contributed by atoms with Gasteiger partial charge in [0, 0.05) is 31.6 Å². The van der Waals surface area contributed by atoms with Crippen molar-refractivity contribution in [3.05, 3.63) is 34.9 Å². The van der Waals surface area contributed by atoms with E-state index in [1.165, 1.54) is 14.0 Å². The molecule has 0 saturated heterocycles. The molecule has 6 nitrogen and oxygen atoms in total. The van der Waals surface area contributed by atoms with E-state index in [0.717, 1.165) is 5.56 Å². The van der Waals surface area contributed by atoms with E-state index in [-0.39, 0.29) is 30.6 Å². The number of esters is 1. The number of ether oxygens (including phenoxy) is 1. The summed E-state index contributed by atoms with van der Waals surface area (Å²) in [5.41, 5.74) is 0.856. The molecule has 0 saturated carbocycles. The number of methoxy groups -OCH3 is 1. The molecule has 0 aliphatic heterocycles. The van der Waals surface area contributed by atoms with E-state index in [0.29, 0.717) is 31.1 Å². The fraction of sp³-hybridized carbons (Fsp3) is 0.471. The monoisotopic (exact) mass is 354 g/mol. The van der Waals surface area contributed by atoms with Crippen LogP contribution in [-0.2, 0) is 25.5 Å². The SMILES string of the molecule is COC(=O)CCN(CCCNC(C)=O)C(=O)Cc1ccc(Cl)cc1. The number of hydrogen-bond acceptors (Lipinski definition) is 4. The minimum Gasteiger partial charge on any atom is -0.469 e. The van der Waals surface area contributed by atoms with Crippen molar-refractivity contribution in [2.45, 2.75) is 26.2 Å². The first-order valence-electron chi connectivity index (χ1n) is 7.76. The summed E-state index contributed by atoms with van der Waals surface area (Å²) in [5.74, 6) is -0.547. The third-order valence-corrected chi connectivity index (χ3v) is 3.67. The molecule has 0 aliphatic carbocycles. The van der Waals surface area contributed by atoms with Crippen molar-refractivity contribution < 1.29 is 19.1 Å². The molecule has 0 spiro atoms. The lowest BCUT2D eigenvalue weighted by Gasteiger charge is -2.22. The molecule has 0 fully saturated rings. The Balaban J connectivity index is 2.59. The molecule has 0 unspecified atom stereocenters. The number of hydrogen-bond donors (Lipinski definition) is 1. The smallest absolute Gasteiger partial charge is 0.307 e. The quantitative estimate of drug-likeness (QED) is 0.542. The summed E-state index contributed by atoms with van der Waals surface area (Å²) < 4.78 is 4.62. The highest BCUT2D eigenvalue weighted by Gasteiger charge is 2.15. The first-order chi connectivity index (χ1) is 11.4. The standard InChI is InChI=1S/C17H23ClN2O4/c1-13(21)19-9-3-10-20(11-8-17(23)24-2)16(22)12-14-4-6-15(18)7-5-14/h4-7H,3,8-12H2,1-2H3,(H,19,21). The van der Waals surface area contributed by atoms with Crippen molar-refractivity contribution in [2.24, 2.45) is 0 Å². The van der Waals surface area contributed by atoms with E-state index in [4.69, 9.17) is 11.6 Å². The number of benzene rings is 1. The zero-order valence-corrected chi connectivity index (χ0v) is 14.8. The topological polar surface area (TPSA) is 75.7 Å². The van der Waals surface area contributed by atoms with Gasteiger partial charge in [0.1, 0.15) is 0 Å². The molecule has 1 aromatic carbocycles. The fourth-order valence-corrected chi connectivity index (χ4v) is 2.24. The Morgan fingerprint density at radius 1 is 1.17 bits per heavy atom. The van der Waals surface area contributed by atoms with Crippen LogP contribution in [0.1, 0.15) is 25.3 Å². The van der Waals surface area contributed by atoms with Crippen LogP contribution < -0.4 is 5.32 Å². The first-order valence-corrected chi connectivity index (χ1v) is 8.13. The van der Waals surface area contributed by atoms with Crippen molar-refractivity contribution in [1.82, 2.24) is 10.2 Å². The van der Waals surface area contributed by atoms with Crippen LogP contribution in [0.5, 0.6) is 0 Å². The maximum Gasteiger partial charge on any atom is 0.307 e. The summed E-state index contributed by atoms with van der Waals surface area (Å²) in [5, 5.41) is 3.30. The molecule has 0 aromatic heterocycles. The lowest BCUT2D eigenvalue weighted by atomic mass is 10.1. The number of nitrogens with zero attached hydrogens (tertiary/aromatic N) is 1. The van der Waals surface area contributed by atoms with Crippen LogP contribution >= 0.6 is 11.6 Å². The molecule has 2 amide bonds. The van der Waals surface area contributed by atoms with Gasteiger partial charge < -0.3 is 15.0 Å². The third kappa shape index (κ3) is 7.97. The molecule has 132 valence electrons. The molecule has 0 heterocycles. The number of halogens is 1. The molecule has 24 heavy (non-hydrogen) atoms. The van der Waals surface area contributed by atoms with Crippen LogP contribution in [0.3, 0.4) is 0 Å². The Morgan fingerprint density at radius 3 is 2.42 bits per heavy atom. The normalized spacial score (nSPS) is 10.1. The van der Waals surface area contributed by atoms with Crippen LogP contribution in [0.2, 0.25) is 5.02 Å². The van der Waals surface area contributed by atoms with E-state index in [9.17, 15) is 14.4 Å². The molecule has 0 atom stereocenters. The average Bonchev–Trinajstić information content (AvgIpc) is 2.55. The maximum atomic E-state index is 12.5. The third-order valence-electron chi connectivity index (χ3n) is 3.41. The minimum atomic E-state index is -0.360. The van der Waals surface area contributed by atoms with Gasteiger partial charge in [-0.3, -0.25) is 14.4 Å². The fourth-order valence-electron chi connectivity index (χ4n) is 2.11. The summed E-state index contributed by atoms with van der Waals surface area (Å²) >= 11 is 5.84. The van der Waals surface area contributed by atoms with Gasteiger partial charge in [0.25, 0.3) is 0 Å². The van der Waals surface area contributed by atoms with E-state index in [2.05, 4.69) is 10.1 Å². The van der Waals surface area contributed by atoms with Crippen molar-refractivity contribution >= 4 is 29.4 Å². The second-order valence-electron chi connectivity index (χ2n) is 5.35. The van der Waals surface area contributed by atoms with Crippen LogP contribution in [0, 0.1) is 0 Å². The largest absolute Gasteiger partial charge is 0.469 e. The van der Waals surface area contributed by atoms with Gasteiger partial charge in [-0.05, 0) is 24.1 Å². The first kappa shape index (κ1) is 20.0. The predicted molar refractivity (Wildman–Crippen MR) is 91.7 cm³/mol. The zero-order chi connectivity index (χ0) is 17.9. The second-order valence-corrected chi connectivity index (χ2v) is 5.78. The van der Waals surface area contributed by atoms with Crippen LogP contribution in [0.15, 0.2) is 24.3 Å². The molecule has 7 heteroatoms. The summed E-state index contributed by atoms with van der Waals surface area (Å²) in [4.78, 5) is 36.3. The van der Waals surface area contributed by atoms with Gasteiger partial charge >= 0.3 is 5.97 Å². The Labute approximate surface area is 147 Å². The summed E-state index contributed by atoms with van der Waals surface area (Å²) in [6.45, 7) is 2.68. The minimum absolute atomic E-state index is 0.0796. The highest BCUT2D eigenvalue weighted by Crippen LogP contribution is 2.11. The van der Waals surface area contributed by atoms with E-state index >= 15 is 0 Å². The highest BCUT2D eigenvalue weighted by atomic mass is 35.5. The van der Waals surface area contributed by atoms with Crippen molar-refractivity contribution in [2.75, 3.05) is 26.7 Å². The highest BCUT2D eigenvalue weighted by molar-refractivity contribution is 6.30. The van der Waals surface area contributed by atoms with Gasteiger partial charge in [-0.1, -0.05) is 23.7 Å². The Bertz CT molecular complexity index is 560. The number of carbonyl (C=O) groups is 3. The van der Waals surface area contributed by atoms with Gasteiger partial charge in [-0.2, -0.15) is 0 Å². The molecular weight excluding hydrogens is 332 g/mol. The average molecular weight is 355 g/mol. The molecule has 1 N–H and O–H groups in total. The lowest BCUT2D eigenvalue weighted by molar-refractivity contribution is -0.141. The Hall–Kier alpha value is -2.08. The van der Waals surface area contributed by atoms with E-state index in [1.54, 1.807) is 29.2 Å². The van der Waals surface area contributed by atoms with E-state index in [1.807, 2.05) is 0 Å². The number of amides is 2.